The van der Waals surface area contributed by atoms with Crippen LogP contribution in [0.2, 0.25) is 0 Å². The van der Waals surface area contributed by atoms with Crippen molar-refractivity contribution in [3.8, 4) is 0 Å². The third-order valence-electron chi connectivity index (χ3n) is 1.63. The number of hydrogen-bond acceptors (Lipinski definition) is 3. The van der Waals surface area contributed by atoms with E-state index in [-0.39, 0.29) is 6.54 Å². The standard InChI is InChI=1S/C7H11N3O2/c1-5-9-2-3-10(5)4-6(8)7(11)12/h2-3,6H,4,8H2,1H3,(H,11,12). The summed E-state index contributed by atoms with van der Waals surface area (Å²) in [5.41, 5.74) is 5.33. The van der Waals surface area contributed by atoms with Crippen molar-refractivity contribution in [1.82, 2.24) is 9.55 Å². The van der Waals surface area contributed by atoms with Crippen LogP contribution in [0.1, 0.15) is 5.82 Å². The lowest BCUT2D eigenvalue weighted by molar-refractivity contribution is -0.138. The SMILES string of the molecule is Cc1nccn1CC(N)C(=O)O. The lowest BCUT2D eigenvalue weighted by Gasteiger charge is -2.08. The molecule has 1 aromatic rings. The van der Waals surface area contributed by atoms with Crippen LogP contribution in [0.4, 0.5) is 0 Å². The summed E-state index contributed by atoms with van der Waals surface area (Å²) in [5.74, 6) is -0.227. The van der Waals surface area contributed by atoms with Crippen molar-refractivity contribution >= 4 is 5.97 Å². The molecule has 0 saturated heterocycles. The number of nitrogens with zero attached hydrogens (tertiary/aromatic N) is 2. The van der Waals surface area contributed by atoms with Gasteiger partial charge in [0, 0.05) is 18.9 Å². The van der Waals surface area contributed by atoms with Crippen LogP contribution in [-0.4, -0.2) is 26.7 Å². The number of aryl methyl sites for hydroxylation is 1. The summed E-state index contributed by atoms with van der Waals surface area (Å²) in [5, 5.41) is 8.51. The second kappa shape index (κ2) is 3.36. The first-order valence-electron chi connectivity index (χ1n) is 3.57. The number of carboxylic acids is 1. The second-order valence-corrected chi connectivity index (χ2v) is 2.57. The van der Waals surface area contributed by atoms with E-state index in [0.29, 0.717) is 0 Å². The maximum atomic E-state index is 10.4. The fraction of sp³-hybridized carbons (Fsp3) is 0.429. The number of aliphatic carboxylic acids is 1. The summed E-state index contributed by atoms with van der Waals surface area (Å²) >= 11 is 0. The largest absolute Gasteiger partial charge is 0.480 e. The van der Waals surface area contributed by atoms with Crippen LogP contribution in [0.15, 0.2) is 12.4 Å². The van der Waals surface area contributed by atoms with Crippen molar-refractivity contribution in [2.45, 2.75) is 19.5 Å². The van der Waals surface area contributed by atoms with Crippen molar-refractivity contribution in [3.63, 3.8) is 0 Å². The molecule has 0 saturated carbocycles. The van der Waals surface area contributed by atoms with E-state index in [9.17, 15) is 4.79 Å². The van der Waals surface area contributed by atoms with Gasteiger partial charge in [-0.15, -0.1) is 0 Å². The van der Waals surface area contributed by atoms with Gasteiger partial charge in [0.05, 0.1) is 0 Å². The zero-order valence-corrected chi connectivity index (χ0v) is 6.77. The average Bonchev–Trinajstić information content (AvgIpc) is 2.36. The second-order valence-electron chi connectivity index (χ2n) is 2.57. The lowest BCUT2D eigenvalue weighted by Crippen LogP contribution is -2.34. The fourth-order valence-electron chi connectivity index (χ4n) is 0.887. The Morgan fingerprint density at radius 2 is 2.58 bits per heavy atom. The molecule has 0 radical (unpaired) electrons. The highest BCUT2D eigenvalue weighted by Crippen LogP contribution is 1.96. The minimum Gasteiger partial charge on any atom is -0.480 e. The van der Waals surface area contributed by atoms with Crippen LogP contribution in [0.25, 0.3) is 0 Å². The molecule has 1 atom stereocenters. The molecule has 3 N–H and O–H groups in total. The molecule has 0 aliphatic rings. The molecule has 5 heteroatoms. The minimum absolute atomic E-state index is 0.265. The van der Waals surface area contributed by atoms with E-state index in [4.69, 9.17) is 10.8 Å². The highest BCUT2D eigenvalue weighted by Gasteiger charge is 2.12. The Hall–Kier alpha value is -1.36. The summed E-state index contributed by atoms with van der Waals surface area (Å²) < 4.78 is 1.71. The van der Waals surface area contributed by atoms with Crippen LogP contribution in [0.5, 0.6) is 0 Å². The number of imidazole rings is 1. The van der Waals surface area contributed by atoms with Crippen molar-refractivity contribution in [2.24, 2.45) is 5.73 Å². The number of aromatic nitrogens is 2. The van der Waals surface area contributed by atoms with E-state index < -0.39 is 12.0 Å². The fourth-order valence-corrected chi connectivity index (χ4v) is 0.887. The summed E-state index contributed by atoms with van der Waals surface area (Å²) in [4.78, 5) is 14.3. The Morgan fingerprint density at radius 1 is 1.92 bits per heavy atom. The van der Waals surface area contributed by atoms with Gasteiger partial charge in [-0.25, -0.2) is 4.98 Å². The molecular formula is C7H11N3O2. The number of carboxylic acid groups (broad SMARTS) is 1. The zero-order valence-electron chi connectivity index (χ0n) is 6.77. The molecule has 0 amide bonds. The third kappa shape index (κ3) is 1.82. The molecule has 0 bridgehead atoms. The Balaban J connectivity index is 2.64. The molecule has 0 aliphatic carbocycles. The van der Waals surface area contributed by atoms with Gasteiger partial charge < -0.3 is 15.4 Å². The Kier molecular flexibility index (Phi) is 2.44. The lowest BCUT2D eigenvalue weighted by atomic mass is 10.3. The van der Waals surface area contributed by atoms with E-state index in [1.807, 2.05) is 0 Å². The quantitative estimate of drug-likeness (QED) is 0.645. The van der Waals surface area contributed by atoms with Gasteiger partial charge in [-0.05, 0) is 6.92 Å². The predicted octanol–water partition coefficient (Wildman–Crippen LogP) is -0.397. The van der Waals surface area contributed by atoms with Crippen molar-refractivity contribution < 1.29 is 9.90 Å². The van der Waals surface area contributed by atoms with Gasteiger partial charge in [0.15, 0.2) is 0 Å². The van der Waals surface area contributed by atoms with E-state index in [1.54, 1.807) is 23.9 Å². The highest BCUT2D eigenvalue weighted by atomic mass is 16.4. The van der Waals surface area contributed by atoms with E-state index in [2.05, 4.69) is 4.98 Å². The topological polar surface area (TPSA) is 81.1 Å². The summed E-state index contributed by atoms with van der Waals surface area (Å²) in [6.07, 6.45) is 3.32. The van der Waals surface area contributed by atoms with Crippen molar-refractivity contribution in [3.05, 3.63) is 18.2 Å². The molecule has 0 aliphatic heterocycles. The van der Waals surface area contributed by atoms with Crippen LogP contribution in [0.3, 0.4) is 0 Å². The predicted molar refractivity (Wildman–Crippen MR) is 42.6 cm³/mol. The molecule has 1 rings (SSSR count). The molecule has 0 spiro atoms. The summed E-state index contributed by atoms with van der Waals surface area (Å²) in [6.45, 7) is 2.07. The number of nitrogens with two attached hydrogens (primary N) is 1. The minimum atomic E-state index is -0.997. The summed E-state index contributed by atoms with van der Waals surface area (Å²) in [7, 11) is 0. The molecule has 66 valence electrons. The summed E-state index contributed by atoms with van der Waals surface area (Å²) in [6, 6.07) is -0.863. The van der Waals surface area contributed by atoms with E-state index >= 15 is 0 Å². The van der Waals surface area contributed by atoms with Crippen LogP contribution in [-0.2, 0) is 11.3 Å². The van der Waals surface area contributed by atoms with Gasteiger partial charge in [0.1, 0.15) is 11.9 Å². The van der Waals surface area contributed by atoms with Crippen molar-refractivity contribution in [2.75, 3.05) is 0 Å². The Morgan fingerprint density at radius 3 is 3.00 bits per heavy atom. The van der Waals surface area contributed by atoms with Gasteiger partial charge >= 0.3 is 5.97 Å². The van der Waals surface area contributed by atoms with E-state index in [0.717, 1.165) is 5.82 Å². The molecule has 0 fully saturated rings. The molecule has 0 aromatic carbocycles. The Bertz CT molecular complexity index is 282. The first-order chi connectivity index (χ1) is 5.61. The number of carbonyl (C=O) groups is 1. The van der Waals surface area contributed by atoms with E-state index in [1.165, 1.54) is 0 Å². The van der Waals surface area contributed by atoms with Gasteiger partial charge in [-0.1, -0.05) is 0 Å². The van der Waals surface area contributed by atoms with Gasteiger partial charge in [-0.3, -0.25) is 4.79 Å². The maximum Gasteiger partial charge on any atom is 0.322 e. The average molecular weight is 169 g/mol. The first kappa shape index (κ1) is 8.73. The normalized spacial score (nSPS) is 12.8. The third-order valence-corrected chi connectivity index (χ3v) is 1.63. The monoisotopic (exact) mass is 169 g/mol. The van der Waals surface area contributed by atoms with Gasteiger partial charge in [0.2, 0.25) is 0 Å². The Labute approximate surface area is 69.8 Å². The number of rotatable bonds is 3. The van der Waals surface area contributed by atoms with Crippen LogP contribution < -0.4 is 5.73 Å². The zero-order chi connectivity index (χ0) is 9.14. The molecule has 1 heterocycles. The van der Waals surface area contributed by atoms with Gasteiger partial charge in [0.25, 0.3) is 0 Å². The highest BCUT2D eigenvalue weighted by molar-refractivity contribution is 5.72. The smallest absolute Gasteiger partial charge is 0.322 e. The van der Waals surface area contributed by atoms with Crippen molar-refractivity contribution in [1.29, 1.82) is 0 Å². The van der Waals surface area contributed by atoms with Gasteiger partial charge in [-0.2, -0.15) is 0 Å². The number of hydrogen-bond donors (Lipinski definition) is 2. The van der Waals surface area contributed by atoms with Crippen LogP contribution in [0, 0.1) is 6.92 Å². The van der Waals surface area contributed by atoms with Crippen LogP contribution >= 0.6 is 0 Å². The molecule has 5 nitrogen and oxygen atoms in total. The maximum absolute atomic E-state index is 10.4. The molecule has 1 aromatic heterocycles. The first-order valence-corrected chi connectivity index (χ1v) is 3.57. The molecule has 12 heavy (non-hydrogen) atoms. The molecule has 1 unspecified atom stereocenters. The molecular weight excluding hydrogens is 158 g/mol.